The summed E-state index contributed by atoms with van der Waals surface area (Å²) in [5, 5.41) is 14.4. The number of nitrogens with zero attached hydrogens (tertiary/aromatic N) is 2. The highest BCUT2D eigenvalue weighted by atomic mass is 19.4. The largest absolute Gasteiger partial charge is 0.416 e. The third kappa shape index (κ3) is 4.37. The molecular formula is C18H17F3N4O2. The van der Waals surface area contributed by atoms with Crippen LogP contribution >= 0.6 is 0 Å². The smallest absolute Gasteiger partial charge is 0.395 e. The van der Waals surface area contributed by atoms with Gasteiger partial charge in [0.05, 0.1) is 23.2 Å². The molecule has 0 bridgehead atoms. The first-order valence-corrected chi connectivity index (χ1v) is 8.15. The van der Waals surface area contributed by atoms with Crippen molar-refractivity contribution in [1.29, 1.82) is 0 Å². The van der Waals surface area contributed by atoms with E-state index in [-0.39, 0.29) is 25.4 Å². The molecule has 0 saturated heterocycles. The maximum atomic E-state index is 12.8. The van der Waals surface area contributed by atoms with Crippen molar-refractivity contribution >= 4 is 28.6 Å². The van der Waals surface area contributed by atoms with E-state index < -0.39 is 17.6 Å². The Balaban J connectivity index is 1.82. The number of carbonyl (C=O) groups excluding carboxylic acids is 1. The number of benzene rings is 2. The Morgan fingerprint density at radius 1 is 1.15 bits per heavy atom. The Hall–Kier alpha value is -3.07. The number of carbonyl (C=O) groups is 1. The zero-order chi connectivity index (χ0) is 19.4. The van der Waals surface area contributed by atoms with E-state index in [0.717, 1.165) is 12.1 Å². The van der Waals surface area contributed by atoms with Crippen molar-refractivity contribution in [2.24, 2.45) is 0 Å². The number of amides is 1. The average Bonchev–Trinajstić information content (AvgIpc) is 2.97. The van der Waals surface area contributed by atoms with E-state index >= 15 is 0 Å². The number of aliphatic hydroxyl groups is 1. The van der Waals surface area contributed by atoms with Crippen LogP contribution in [0.5, 0.6) is 0 Å². The maximum Gasteiger partial charge on any atom is 0.416 e. The van der Waals surface area contributed by atoms with Gasteiger partial charge in [-0.05, 0) is 30.3 Å². The van der Waals surface area contributed by atoms with Gasteiger partial charge in [0.2, 0.25) is 11.9 Å². The SMILES string of the molecule is O=C(Cn1c(NCCO)nc2ccccc21)Nc1cccc(C(F)(F)F)c1. The number of nitrogens with one attached hydrogen (secondary N) is 2. The summed E-state index contributed by atoms with van der Waals surface area (Å²) in [6.45, 7) is -0.0112. The lowest BCUT2D eigenvalue weighted by atomic mass is 10.2. The van der Waals surface area contributed by atoms with Crippen LogP contribution in [0, 0.1) is 0 Å². The molecule has 1 aromatic heterocycles. The Kier molecular flexibility index (Phi) is 5.31. The van der Waals surface area contributed by atoms with Gasteiger partial charge in [0.1, 0.15) is 6.54 Å². The van der Waals surface area contributed by atoms with E-state index in [1.807, 2.05) is 0 Å². The van der Waals surface area contributed by atoms with E-state index in [4.69, 9.17) is 5.11 Å². The van der Waals surface area contributed by atoms with Crippen molar-refractivity contribution in [2.75, 3.05) is 23.8 Å². The molecule has 1 amide bonds. The molecule has 142 valence electrons. The van der Waals surface area contributed by atoms with Gasteiger partial charge in [-0.1, -0.05) is 18.2 Å². The summed E-state index contributed by atoms with van der Waals surface area (Å²) in [5.41, 5.74) is 0.574. The van der Waals surface area contributed by atoms with Gasteiger partial charge in [-0.25, -0.2) is 4.98 Å². The number of aliphatic hydroxyl groups excluding tert-OH is 1. The van der Waals surface area contributed by atoms with Gasteiger partial charge in [-0.3, -0.25) is 4.79 Å². The number of para-hydroxylation sites is 2. The Bertz CT molecular complexity index is 953. The van der Waals surface area contributed by atoms with Gasteiger partial charge < -0.3 is 20.3 Å². The first kappa shape index (κ1) is 18.7. The minimum atomic E-state index is -4.48. The number of hydrogen-bond donors (Lipinski definition) is 3. The first-order chi connectivity index (χ1) is 12.9. The van der Waals surface area contributed by atoms with Crippen molar-refractivity contribution in [2.45, 2.75) is 12.7 Å². The van der Waals surface area contributed by atoms with Gasteiger partial charge in [-0.15, -0.1) is 0 Å². The number of imidazole rings is 1. The summed E-state index contributed by atoms with van der Waals surface area (Å²) in [4.78, 5) is 16.8. The lowest BCUT2D eigenvalue weighted by Crippen LogP contribution is -2.21. The van der Waals surface area contributed by atoms with Crippen LogP contribution in [0.3, 0.4) is 0 Å². The van der Waals surface area contributed by atoms with E-state index in [1.54, 1.807) is 28.8 Å². The van der Waals surface area contributed by atoms with Gasteiger partial charge in [0, 0.05) is 12.2 Å². The molecule has 3 rings (SSSR count). The molecule has 6 nitrogen and oxygen atoms in total. The Morgan fingerprint density at radius 2 is 1.93 bits per heavy atom. The highest BCUT2D eigenvalue weighted by Crippen LogP contribution is 2.30. The van der Waals surface area contributed by atoms with E-state index in [1.165, 1.54) is 12.1 Å². The second-order valence-electron chi connectivity index (χ2n) is 5.79. The molecule has 27 heavy (non-hydrogen) atoms. The van der Waals surface area contributed by atoms with Crippen LogP contribution in [-0.4, -0.2) is 33.7 Å². The monoisotopic (exact) mass is 378 g/mol. The van der Waals surface area contributed by atoms with Crippen LogP contribution in [-0.2, 0) is 17.5 Å². The van der Waals surface area contributed by atoms with Crippen molar-refractivity contribution in [3.63, 3.8) is 0 Å². The summed E-state index contributed by atoms with van der Waals surface area (Å²) in [6, 6.07) is 11.6. The fourth-order valence-corrected chi connectivity index (χ4v) is 2.66. The Morgan fingerprint density at radius 3 is 2.67 bits per heavy atom. The molecule has 3 aromatic rings. The van der Waals surface area contributed by atoms with Crippen molar-refractivity contribution in [3.05, 3.63) is 54.1 Å². The van der Waals surface area contributed by atoms with Crippen LogP contribution in [0.15, 0.2) is 48.5 Å². The number of anilines is 2. The normalized spacial score (nSPS) is 11.6. The predicted octanol–water partition coefficient (Wildman–Crippen LogP) is 3.10. The molecule has 3 N–H and O–H groups in total. The second-order valence-corrected chi connectivity index (χ2v) is 5.79. The highest BCUT2D eigenvalue weighted by Gasteiger charge is 2.30. The second kappa shape index (κ2) is 7.67. The standard InChI is InChI=1S/C18H17F3N4O2/c19-18(20,21)12-4-3-5-13(10-12)23-16(27)11-25-15-7-2-1-6-14(15)24-17(25)22-8-9-26/h1-7,10,26H,8-9,11H2,(H,22,24)(H,23,27). The summed E-state index contributed by atoms with van der Waals surface area (Å²) in [5.74, 6) is -0.103. The number of rotatable bonds is 6. The molecule has 0 aliphatic heterocycles. The van der Waals surface area contributed by atoms with Crippen LogP contribution in [0.4, 0.5) is 24.8 Å². The number of halogens is 3. The summed E-state index contributed by atoms with van der Waals surface area (Å²) in [7, 11) is 0. The van der Waals surface area contributed by atoms with Crippen LogP contribution in [0.2, 0.25) is 0 Å². The molecule has 0 radical (unpaired) electrons. The van der Waals surface area contributed by atoms with E-state index in [9.17, 15) is 18.0 Å². The number of hydrogen-bond acceptors (Lipinski definition) is 4. The topological polar surface area (TPSA) is 79.2 Å². The first-order valence-electron chi connectivity index (χ1n) is 8.15. The zero-order valence-corrected chi connectivity index (χ0v) is 14.1. The van der Waals surface area contributed by atoms with E-state index in [2.05, 4.69) is 15.6 Å². The molecule has 1 heterocycles. The van der Waals surface area contributed by atoms with Crippen molar-refractivity contribution in [3.8, 4) is 0 Å². The fourth-order valence-electron chi connectivity index (χ4n) is 2.66. The molecule has 0 atom stereocenters. The highest BCUT2D eigenvalue weighted by molar-refractivity contribution is 5.92. The molecule has 0 aliphatic rings. The molecule has 2 aromatic carbocycles. The lowest BCUT2D eigenvalue weighted by molar-refractivity contribution is -0.137. The molecule has 0 unspecified atom stereocenters. The van der Waals surface area contributed by atoms with Crippen LogP contribution < -0.4 is 10.6 Å². The third-order valence-corrected chi connectivity index (χ3v) is 3.82. The van der Waals surface area contributed by atoms with Gasteiger partial charge in [-0.2, -0.15) is 13.2 Å². The van der Waals surface area contributed by atoms with Gasteiger partial charge in [0.25, 0.3) is 0 Å². The zero-order valence-electron chi connectivity index (χ0n) is 14.1. The maximum absolute atomic E-state index is 12.8. The van der Waals surface area contributed by atoms with Crippen LogP contribution in [0.25, 0.3) is 11.0 Å². The predicted molar refractivity (Wildman–Crippen MR) is 95.4 cm³/mol. The number of aromatic nitrogens is 2. The lowest BCUT2D eigenvalue weighted by Gasteiger charge is -2.12. The van der Waals surface area contributed by atoms with Gasteiger partial charge in [0.15, 0.2) is 0 Å². The number of alkyl halides is 3. The minimum Gasteiger partial charge on any atom is -0.395 e. The third-order valence-electron chi connectivity index (χ3n) is 3.82. The molecule has 9 heteroatoms. The van der Waals surface area contributed by atoms with Crippen molar-refractivity contribution < 1.29 is 23.1 Å². The number of fused-ring (bicyclic) bond motifs is 1. The minimum absolute atomic E-state index is 0.0594. The summed E-state index contributed by atoms with van der Waals surface area (Å²) >= 11 is 0. The molecule has 0 aliphatic carbocycles. The fraction of sp³-hybridized carbons (Fsp3) is 0.222. The molecule has 0 saturated carbocycles. The van der Waals surface area contributed by atoms with Crippen LogP contribution in [0.1, 0.15) is 5.56 Å². The Labute approximate surface area is 152 Å². The van der Waals surface area contributed by atoms with Crippen molar-refractivity contribution in [1.82, 2.24) is 9.55 Å². The van der Waals surface area contributed by atoms with E-state index in [0.29, 0.717) is 17.0 Å². The molecule has 0 fully saturated rings. The van der Waals surface area contributed by atoms with Gasteiger partial charge >= 0.3 is 6.18 Å². The molecule has 0 spiro atoms. The average molecular weight is 378 g/mol. The molecular weight excluding hydrogens is 361 g/mol. The quantitative estimate of drug-likeness (QED) is 0.616. The summed E-state index contributed by atoms with van der Waals surface area (Å²) < 4.78 is 40.0. The summed E-state index contributed by atoms with van der Waals surface area (Å²) in [6.07, 6.45) is -4.48.